The van der Waals surface area contributed by atoms with Crippen LogP contribution >= 0.6 is 0 Å². The van der Waals surface area contributed by atoms with Gasteiger partial charge in [0.2, 0.25) is 5.91 Å². The van der Waals surface area contributed by atoms with Gasteiger partial charge in [-0.2, -0.15) is 0 Å². The van der Waals surface area contributed by atoms with E-state index in [1.165, 1.54) is 12.1 Å². The molecule has 0 heterocycles. The fourth-order valence-corrected chi connectivity index (χ4v) is 1.60. The van der Waals surface area contributed by atoms with Crippen LogP contribution in [0.5, 0.6) is 0 Å². The number of carbonyl (C=O) groups excluding carboxylic acids is 1. The third-order valence-electron chi connectivity index (χ3n) is 2.37. The maximum Gasteiger partial charge on any atom is 0.269 e. The Balaban J connectivity index is 2.64. The van der Waals surface area contributed by atoms with E-state index in [0.29, 0.717) is 0 Å². The summed E-state index contributed by atoms with van der Waals surface area (Å²) in [5, 5.41) is 16.4. The summed E-state index contributed by atoms with van der Waals surface area (Å²) < 4.78 is 0. The van der Waals surface area contributed by atoms with Gasteiger partial charge in [-0.05, 0) is 39.3 Å². The Kier molecular flexibility index (Phi) is 4.47. The molecule has 0 unspecified atom stereocenters. The van der Waals surface area contributed by atoms with Gasteiger partial charge in [-0.25, -0.2) is 0 Å². The first-order chi connectivity index (χ1) is 8.69. The number of nitrogens with one attached hydrogen (secondary N) is 2. The van der Waals surface area contributed by atoms with Gasteiger partial charge in [-0.1, -0.05) is 0 Å². The fraction of sp³-hybridized carbons (Fsp3) is 0.462. The summed E-state index contributed by atoms with van der Waals surface area (Å²) in [5.41, 5.74) is 1.22. The Labute approximate surface area is 112 Å². The van der Waals surface area contributed by atoms with Crippen LogP contribution in [0.25, 0.3) is 0 Å². The minimum atomic E-state index is -0.441. The lowest BCUT2D eigenvalue weighted by molar-refractivity contribution is -0.384. The molecule has 0 aliphatic carbocycles. The Hall–Kier alpha value is -2.11. The standard InChI is InChI=1S/C13H19N3O3/c1-9-7-10(16(18)19)5-6-11(9)14-8-12(17)15-13(2,3)4/h5-7,14H,8H2,1-4H3,(H,15,17). The van der Waals surface area contributed by atoms with E-state index in [2.05, 4.69) is 10.6 Å². The molecule has 1 amide bonds. The van der Waals surface area contributed by atoms with Crippen molar-refractivity contribution in [3.8, 4) is 0 Å². The lowest BCUT2D eigenvalue weighted by Crippen LogP contribution is -2.43. The molecule has 0 atom stereocenters. The van der Waals surface area contributed by atoms with Crippen molar-refractivity contribution in [3.05, 3.63) is 33.9 Å². The molecule has 104 valence electrons. The van der Waals surface area contributed by atoms with Crippen molar-refractivity contribution in [2.45, 2.75) is 33.2 Å². The van der Waals surface area contributed by atoms with Crippen LogP contribution in [0.15, 0.2) is 18.2 Å². The second-order valence-corrected chi connectivity index (χ2v) is 5.41. The van der Waals surface area contributed by atoms with Crippen LogP contribution in [-0.4, -0.2) is 22.9 Å². The minimum Gasteiger partial charge on any atom is -0.376 e. The largest absolute Gasteiger partial charge is 0.376 e. The summed E-state index contributed by atoms with van der Waals surface area (Å²) in [6.07, 6.45) is 0. The number of nitrogens with zero attached hydrogens (tertiary/aromatic N) is 1. The minimum absolute atomic E-state index is 0.0437. The van der Waals surface area contributed by atoms with E-state index >= 15 is 0 Å². The molecular weight excluding hydrogens is 246 g/mol. The molecule has 1 aromatic rings. The van der Waals surface area contributed by atoms with Gasteiger partial charge in [-0.15, -0.1) is 0 Å². The molecular formula is C13H19N3O3. The maximum absolute atomic E-state index is 11.6. The van der Waals surface area contributed by atoms with E-state index in [1.54, 1.807) is 13.0 Å². The number of non-ortho nitro benzene ring substituents is 1. The molecule has 0 aliphatic rings. The molecule has 6 heteroatoms. The fourth-order valence-electron chi connectivity index (χ4n) is 1.60. The van der Waals surface area contributed by atoms with Crippen LogP contribution in [0.2, 0.25) is 0 Å². The van der Waals surface area contributed by atoms with Gasteiger partial charge in [0, 0.05) is 23.4 Å². The Morgan fingerprint density at radius 2 is 2.00 bits per heavy atom. The first-order valence-corrected chi connectivity index (χ1v) is 5.99. The molecule has 0 saturated carbocycles. The first kappa shape index (κ1) is 14.9. The molecule has 19 heavy (non-hydrogen) atoms. The highest BCUT2D eigenvalue weighted by Gasteiger charge is 2.14. The van der Waals surface area contributed by atoms with Crippen LogP contribution in [0.1, 0.15) is 26.3 Å². The van der Waals surface area contributed by atoms with E-state index in [-0.39, 0.29) is 23.7 Å². The normalized spacial score (nSPS) is 10.9. The van der Waals surface area contributed by atoms with Crippen molar-refractivity contribution < 1.29 is 9.72 Å². The van der Waals surface area contributed by atoms with Gasteiger partial charge in [0.25, 0.3) is 5.69 Å². The Bertz CT molecular complexity index is 492. The summed E-state index contributed by atoms with van der Waals surface area (Å²) in [7, 11) is 0. The highest BCUT2D eigenvalue weighted by molar-refractivity contribution is 5.81. The molecule has 0 aromatic heterocycles. The molecule has 0 fully saturated rings. The summed E-state index contributed by atoms with van der Waals surface area (Å²) >= 11 is 0. The molecule has 2 N–H and O–H groups in total. The predicted molar refractivity (Wildman–Crippen MR) is 74.2 cm³/mol. The molecule has 0 saturated heterocycles. The van der Waals surface area contributed by atoms with Crippen LogP contribution < -0.4 is 10.6 Å². The molecule has 6 nitrogen and oxygen atoms in total. The van der Waals surface area contributed by atoms with Crippen molar-refractivity contribution >= 4 is 17.3 Å². The van der Waals surface area contributed by atoms with Gasteiger partial charge in [-0.3, -0.25) is 14.9 Å². The van der Waals surface area contributed by atoms with E-state index < -0.39 is 4.92 Å². The third-order valence-corrected chi connectivity index (χ3v) is 2.37. The molecule has 0 spiro atoms. The van der Waals surface area contributed by atoms with Gasteiger partial charge < -0.3 is 10.6 Å². The number of nitro benzene ring substituents is 1. The molecule has 0 radical (unpaired) electrons. The second-order valence-electron chi connectivity index (χ2n) is 5.41. The van der Waals surface area contributed by atoms with E-state index in [9.17, 15) is 14.9 Å². The molecule has 1 aromatic carbocycles. The smallest absolute Gasteiger partial charge is 0.269 e. The summed E-state index contributed by atoms with van der Waals surface area (Å²) in [4.78, 5) is 21.8. The highest BCUT2D eigenvalue weighted by atomic mass is 16.6. The Morgan fingerprint density at radius 1 is 1.37 bits per heavy atom. The van der Waals surface area contributed by atoms with Gasteiger partial charge >= 0.3 is 0 Å². The SMILES string of the molecule is Cc1cc([N+](=O)[O-])ccc1NCC(=O)NC(C)(C)C. The number of aryl methyl sites for hydroxylation is 1. The molecule has 0 bridgehead atoms. The summed E-state index contributed by atoms with van der Waals surface area (Å²) in [6, 6.07) is 4.50. The van der Waals surface area contributed by atoms with Crippen LogP contribution in [0.4, 0.5) is 11.4 Å². The number of carbonyl (C=O) groups is 1. The number of anilines is 1. The zero-order valence-corrected chi connectivity index (χ0v) is 11.6. The zero-order valence-electron chi connectivity index (χ0n) is 11.6. The number of hydrogen-bond donors (Lipinski definition) is 2. The van der Waals surface area contributed by atoms with Gasteiger partial charge in [0.15, 0.2) is 0 Å². The second kappa shape index (κ2) is 5.69. The number of amides is 1. The number of benzene rings is 1. The van der Waals surface area contributed by atoms with Crippen LogP contribution in [-0.2, 0) is 4.79 Å². The average molecular weight is 265 g/mol. The van der Waals surface area contributed by atoms with Crippen molar-refractivity contribution in [1.29, 1.82) is 0 Å². The number of nitro groups is 1. The van der Waals surface area contributed by atoms with Crippen LogP contribution in [0, 0.1) is 17.0 Å². The van der Waals surface area contributed by atoms with E-state index in [0.717, 1.165) is 11.3 Å². The molecule has 1 rings (SSSR count). The Morgan fingerprint density at radius 3 is 2.47 bits per heavy atom. The van der Waals surface area contributed by atoms with Crippen molar-refractivity contribution in [2.24, 2.45) is 0 Å². The van der Waals surface area contributed by atoms with Crippen molar-refractivity contribution in [3.63, 3.8) is 0 Å². The van der Waals surface area contributed by atoms with E-state index in [4.69, 9.17) is 0 Å². The van der Waals surface area contributed by atoms with Gasteiger partial charge in [0.1, 0.15) is 0 Å². The molecule has 0 aliphatic heterocycles. The summed E-state index contributed by atoms with van der Waals surface area (Å²) in [5.74, 6) is -0.120. The third kappa shape index (κ3) is 4.95. The number of rotatable bonds is 4. The lowest BCUT2D eigenvalue weighted by atomic mass is 10.1. The van der Waals surface area contributed by atoms with Crippen LogP contribution in [0.3, 0.4) is 0 Å². The lowest BCUT2D eigenvalue weighted by Gasteiger charge is -2.21. The topological polar surface area (TPSA) is 84.3 Å². The maximum atomic E-state index is 11.6. The number of hydrogen-bond acceptors (Lipinski definition) is 4. The quantitative estimate of drug-likeness (QED) is 0.646. The van der Waals surface area contributed by atoms with Gasteiger partial charge in [0.05, 0.1) is 11.5 Å². The van der Waals surface area contributed by atoms with Crippen molar-refractivity contribution in [2.75, 3.05) is 11.9 Å². The summed E-state index contributed by atoms with van der Waals surface area (Å²) in [6.45, 7) is 7.61. The van der Waals surface area contributed by atoms with Crippen molar-refractivity contribution in [1.82, 2.24) is 5.32 Å². The average Bonchev–Trinajstić information content (AvgIpc) is 2.24. The highest BCUT2D eigenvalue weighted by Crippen LogP contribution is 2.20. The monoisotopic (exact) mass is 265 g/mol. The van der Waals surface area contributed by atoms with E-state index in [1.807, 2.05) is 20.8 Å². The predicted octanol–water partition coefficient (Wildman–Crippen LogP) is 2.23. The first-order valence-electron chi connectivity index (χ1n) is 5.99. The zero-order chi connectivity index (χ0) is 14.6.